The third kappa shape index (κ3) is 7.45. The lowest BCUT2D eigenvalue weighted by molar-refractivity contribution is -0.136. The molecule has 0 radical (unpaired) electrons. The zero-order chi connectivity index (χ0) is 28.8. The first-order valence-electron chi connectivity index (χ1n) is 14.5. The van der Waals surface area contributed by atoms with E-state index in [-0.39, 0.29) is 17.6 Å². The number of thiazole rings is 1. The van der Waals surface area contributed by atoms with Crippen molar-refractivity contribution < 1.29 is 13.9 Å². The molecule has 41 heavy (non-hydrogen) atoms. The highest BCUT2D eigenvalue weighted by molar-refractivity contribution is 7.13. The second-order valence-electron chi connectivity index (χ2n) is 10.9. The van der Waals surface area contributed by atoms with Crippen LogP contribution >= 0.6 is 22.9 Å². The molecular formula is C31H39ClFN5O2S. The van der Waals surface area contributed by atoms with Crippen molar-refractivity contribution in [3.63, 3.8) is 0 Å². The fourth-order valence-corrected chi connectivity index (χ4v) is 6.80. The fourth-order valence-electron chi connectivity index (χ4n) is 5.92. The lowest BCUT2D eigenvalue weighted by Gasteiger charge is -2.39. The Labute approximate surface area is 251 Å². The molecule has 2 saturated heterocycles. The lowest BCUT2D eigenvalue weighted by Crippen LogP contribution is -2.55. The van der Waals surface area contributed by atoms with Gasteiger partial charge in [-0.25, -0.2) is 4.39 Å². The molecular weight excluding hydrogens is 561 g/mol. The summed E-state index contributed by atoms with van der Waals surface area (Å²) < 4.78 is 20.1. The van der Waals surface area contributed by atoms with Crippen LogP contribution in [0.3, 0.4) is 0 Å². The van der Waals surface area contributed by atoms with E-state index in [0.717, 1.165) is 48.8 Å². The molecule has 7 nitrogen and oxygen atoms in total. The summed E-state index contributed by atoms with van der Waals surface area (Å²) in [6.07, 6.45) is 4.64. The third-order valence-corrected chi connectivity index (χ3v) is 9.37. The summed E-state index contributed by atoms with van der Waals surface area (Å²) in [7, 11) is 0. The van der Waals surface area contributed by atoms with Gasteiger partial charge in [-0.15, -0.1) is 11.3 Å². The summed E-state index contributed by atoms with van der Waals surface area (Å²) in [6, 6.07) is 10.6. The maximum absolute atomic E-state index is 14.5. The van der Waals surface area contributed by atoms with Crippen molar-refractivity contribution in [2.45, 2.75) is 38.8 Å². The van der Waals surface area contributed by atoms with Crippen LogP contribution in [0.1, 0.15) is 30.9 Å². The van der Waals surface area contributed by atoms with Gasteiger partial charge in [0.2, 0.25) is 5.91 Å². The number of nitrogens with two attached hydrogens (primary N) is 1. The number of amides is 1. The summed E-state index contributed by atoms with van der Waals surface area (Å²) in [6.45, 7) is 8.23. The standard InChI is InChI=1S/C31H39ClFN5O2S/c1-2-40-28-5-3-4-27(33)26(28)20-37-14-16-38(17-15-37)31(39)30(34)22-8-11-36(12-9-22)13-10-23-18-24(32)6-7-25(23)29-19-35-21-41-29/h3-7,18-19,21-22,30H,2,8-17,20,34H2,1H3/t30-/m1/s1. The smallest absolute Gasteiger partial charge is 0.239 e. The third-order valence-electron chi connectivity index (χ3n) is 8.33. The number of nitrogens with zero attached hydrogens (tertiary/aromatic N) is 4. The molecule has 3 heterocycles. The minimum absolute atomic E-state index is 0.0390. The predicted octanol–water partition coefficient (Wildman–Crippen LogP) is 4.93. The molecule has 220 valence electrons. The topological polar surface area (TPSA) is 74.9 Å². The van der Waals surface area contributed by atoms with Gasteiger partial charge in [-0.05, 0) is 80.6 Å². The van der Waals surface area contributed by atoms with E-state index in [1.165, 1.54) is 17.2 Å². The van der Waals surface area contributed by atoms with Gasteiger partial charge in [-0.1, -0.05) is 23.7 Å². The first kappa shape index (κ1) is 29.9. The van der Waals surface area contributed by atoms with E-state index in [4.69, 9.17) is 22.1 Å². The number of likely N-dealkylation sites (tertiary alicyclic amines) is 1. The molecule has 2 aliphatic rings. The second-order valence-corrected chi connectivity index (χ2v) is 12.2. The molecule has 5 rings (SSSR count). The molecule has 0 saturated carbocycles. The van der Waals surface area contributed by atoms with Gasteiger partial charge in [0.1, 0.15) is 11.6 Å². The van der Waals surface area contributed by atoms with Crippen molar-refractivity contribution in [1.82, 2.24) is 19.7 Å². The van der Waals surface area contributed by atoms with Crippen LogP contribution in [-0.4, -0.2) is 84.1 Å². The average molecular weight is 600 g/mol. The normalized spacial score (nSPS) is 18.0. The van der Waals surface area contributed by atoms with Crippen molar-refractivity contribution in [2.75, 3.05) is 52.4 Å². The van der Waals surface area contributed by atoms with Crippen LogP contribution in [0, 0.1) is 11.7 Å². The highest BCUT2D eigenvalue weighted by Gasteiger charge is 2.33. The summed E-state index contributed by atoms with van der Waals surface area (Å²) in [5.74, 6) is 0.558. The van der Waals surface area contributed by atoms with E-state index in [1.54, 1.807) is 17.4 Å². The average Bonchev–Trinajstić information content (AvgIpc) is 3.53. The Morgan fingerprint density at radius 1 is 1.15 bits per heavy atom. The van der Waals surface area contributed by atoms with Gasteiger partial charge in [0.15, 0.2) is 0 Å². The molecule has 2 fully saturated rings. The molecule has 1 amide bonds. The zero-order valence-electron chi connectivity index (χ0n) is 23.6. The Morgan fingerprint density at radius 3 is 2.63 bits per heavy atom. The van der Waals surface area contributed by atoms with E-state index < -0.39 is 6.04 Å². The van der Waals surface area contributed by atoms with Crippen LogP contribution in [0.5, 0.6) is 5.75 Å². The molecule has 3 aromatic rings. The van der Waals surface area contributed by atoms with Gasteiger partial charge in [-0.2, -0.15) is 0 Å². The number of rotatable bonds is 10. The maximum Gasteiger partial charge on any atom is 0.239 e. The van der Waals surface area contributed by atoms with Gasteiger partial charge in [0.05, 0.1) is 23.0 Å². The van der Waals surface area contributed by atoms with Crippen molar-refractivity contribution >= 4 is 28.8 Å². The molecule has 0 unspecified atom stereocenters. The molecule has 2 N–H and O–H groups in total. The summed E-state index contributed by atoms with van der Waals surface area (Å²) >= 11 is 7.96. The summed E-state index contributed by atoms with van der Waals surface area (Å²) in [5.41, 5.74) is 11.4. The Balaban J connectivity index is 1.08. The second kappa shape index (κ2) is 14.1. The van der Waals surface area contributed by atoms with Crippen molar-refractivity contribution in [3.05, 3.63) is 70.1 Å². The summed E-state index contributed by atoms with van der Waals surface area (Å²) in [5, 5.41) is 0.750. The number of carbonyl (C=O) groups is 1. The van der Waals surface area contributed by atoms with Crippen LogP contribution in [-0.2, 0) is 17.8 Å². The van der Waals surface area contributed by atoms with E-state index in [0.29, 0.717) is 50.6 Å². The first-order valence-corrected chi connectivity index (χ1v) is 15.7. The molecule has 10 heteroatoms. The number of piperazine rings is 1. The van der Waals surface area contributed by atoms with Gasteiger partial charge in [-0.3, -0.25) is 14.7 Å². The van der Waals surface area contributed by atoms with Crippen molar-refractivity contribution in [3.8, 4) is 16.2 Å². The van der Waals surface area contributed by atoms with Gasteiger partial charge in [0, 0.05) is 56.1 Å². The van der Waals surface area contributed by atoms with Crippen molar-refractivity contribution in [1.29, 1.82) is 0 Å². The van der Waals surface area contributed by atoms with Crippen LogP contribution < -0.4 is 10.5 Å². The number of halogens is 2. The Bertz CT molecular complexity index is 1290. The largest absolute Gasteiger partial charge is 0.493 e. The Hall–Kier alpha value is -2.56. The van der Waals surface area contributed by atoms with E-state index in [2.05, 4.69) is 26.9 Å². The highest BCUT2D eigenvalue weighted by Crippen LogP contribution is 2.30. The monoisotopic (exact) mass is 599 g/mol. The maximum atomic E-state index is 14.5. The quantitative estimate of drug-likeness (QED) is 0.356. The number of aromatic nitrogens is 1. The van der Waals surface area contributed by atoms with E-state index in [9.17, 15) is 9.18 Å². The molecule has 0 bridgehead atoms. The van der Waals surface area contributed by atoms with E-state index >= 15 is 0 Å². The lowest BCUT2D eigenvalue weighted by atomic mass is 9.88. The molecule has 0 spiro atoms. The molecule has 1 aromatic heterocycles. The summed E-state index contributed by atoms with van der Waals surface area (Å²) in [4.78, 5) is 25.2. The van der Waals surface area contributed by atoms with Crippen LogP contribution in [0.25, 0.3) is 10.4 Å². The van der Waals surface area contributed by atoms with Crippen LogP contribution in [0.2, 0.25) is 5.02 Å². The van der Waals surface area contributed by atoms with Crippen LogP contribution in [0.4, 0.5) is 4.39 Å². The number of ether oxygens (including phenoxy) is 1. The molecule has 0 aliphatic carbocycles. The van der Waals surface area contributed by atoms with Gasteiger partial charge < -0.3 is 20.3 Å². The minimum atomic E-state index is -0.481. The molecule has 1 atom stereocenters. The fraction of sp³-hybridized carbons (Fsp3) is 0.484. The van der Waals surface area contributed by atoms with Crippen molar-refractivity contribution in [2.24, 2.45) is 11.7 Å². The number of hydrogen-bond acceptors (Lipinski definition) is 7. The van der Waals surface area contributed by atoms with Gasteiger partial charge >= 0.3 is 0 Å². The Kier molecular flexibility index (Phi) is 10.3. The minimum Gasteiger partial charge on any atom is -0.493 e. The number of piperidine rings is 1. The first-order chi connectivity index (χ1) is 19.9. The number of benzene rings is 2. The molecule has 2 aromatic carbocycles. The predicted molar refractivity (Wildman–Crippen MR) is 163 cm³/mol. The zero-order valence-corrected chi connectivity index (χ0v) is 25.2. The SMILES string of the molecule is CCOc1cccc(F)c1CN1CCN(C(=O)[C@H](N)C2CCN(CCc3cc(Cl)ccc3-c3cncs3)CC2)CC1. The molecule has 2 aliphatic heterocycles. The number of carbonyl (C=O) groups excluding carboxylic acids is 1. The van der Waals surface area contributed by atoms with E-state index in [1.807, 2.05) is 35.7 Å². The van der Waals surface area contributed by atoms with Crippen LogP contribution in [0.15, 0.2) is 48.1 Å². The Morgan fingerprint density at radius 2 is 1.93 bits per heavy atom. The van der Waals surface area contributed by atoms with Gasteiger partial charge in [0.25, 0.3) is 0 Å². The number of hydrogen-bond donors (Lipinski definition) is 1. The highest BCUT2D eigenvalue weighted by atomic mass is 35.5.